The highest BCUT2D eigenvalue weighted by Crippen LogP contribution is 2.27. The Labute approximate surface area is 154 Å². The summed E-state index contributed by atoms with van der Waals surface area (Å²) in [6.07, 6.45) is -4.70. The van der Waals surface area contributed by atoms with Crippen LogP contribution in [0.25, 0.3) is 0 Å². The quantitative estimate of drug-likeness (QED) is 0.754. The van der Waals surface area contributed by atoms with Crippen LogP contribution in [0.1, 0.15) is 31.7 Å². The zero-order chi connectivity index (χ0) is 20.2. The van der Waals surface area contributed by atoms with E-state index in [0.717, 1.165) is 18.4 Å². The van der Waals surface area contributed by atoms with Crippen molar-refractivity contribution in [2.75, 3.05) is 11.4 Å². The smallest absolute Gasteiger partial charge is 0.391 e. The summed E-state index contributed by atoms with van der Waals surface area (Å²) in [5.41, 5.74) is 1.71. The van der Waals surface area contributed by atoms with E-state index < -0.39 is 36.4 Å². The van der Waals surface area contributed by atoms with E-state index in [-0.39, 0.29) is 18.9 Å². The third kappa shape index (κ3) is 5.70. The monoisotopic (exact) mass is 386 g/mol. The zero-order valence-corrected chi connectivity index (χ0v) is 14.8. The number of carbonyl (C=O) groups is 3. The largest absolute Gasteiger partial charge is 0.480 e. The molecule has 2 unspecified atom stereocenters. The third-order valence-corrected chi connectivity index (χ3v) is 4.33. The lowest BCUT2D eigenvalue weighted by atomic mass is 10.1. The van der Waals surface area contributed by atoms with Crippen LogP contribution >= 0.6 is 0 Å². The van der Waals surface area contributed by atoms with Gasteiger partial charge in [-0.15, -0.1) is 0 Å². The van der Waals surface area contributed by atoms with Crippen molar-refractivity contribution in [2.24, 2.45) is 5.92 Å². The van der Waals surface area contributed by atoms with E-state index in [1.54, 1.807) is 12.1 Å². The van der Waals surface area contributed by atoms with Gasteiger partial charge >= 0.3 is 12.1 Å². The van der Waals surface area contributed by atoms with Crippen molar-refractivity contribution in [3.8, 4) is 0 Å². The number of carbonyl (C=O) groups excluding carboxylic acids is 2. The van der Waals surface area contributed by atoms with Crippen LogP contribution in [0.4, 0.5) is 18.9 Å². The van der Waals surface area contributed by atoms with Crippen molar-refractivity contribution in [2.45, 2.75) is 44.8 Å². The summed E-state index contributed by atoms with van der Waals surface area (Å²) in [7, 11) is 0. The van der Waals surface area contributed by atoms with Gasteiger partial charge in [0.1, 0.15) is 6.04 Å². The molecule has 1 aromatic carbocycles. The molecule has 148 valence electrons. The number of hydrogen-bond acceptors (Lipinski definition) is 3. The molecule has 0 bridgehead atoms. The van der Waals surface area contributed by atoms with Crippen molar-refractivity contribution >= 4 is 23.5 Å². The Hall–Kier alpha value is -2.58. The van der Waals surface area contributed by atoms with Gasteiger partial charge in [-0.25, -0.2) is 4.79 Å². The minimum Gasteiger partial charge on any atom is -0.480 e. The first-order chi connectivity index (χ1) is 12.6. The molecule has 1 saturated heterocycles. The first-order valence-corrected chi connectivity index (χ1v) is 8.60. The number of aliphatic carboxylic acids is 1. The number of carboxylic acid groups (broad SMARTS) is 1. The molecule has 0 aromatic heterocycles. The normalized spacial score (nSPS) is 18.4. The third-order valence-electron chi connectivity index (χ3n) is 4.33. The number of alkyl halides is 3. The lowest BCUT2D eigenvalue weighted by Gasteiger charge is -2.19. The summed E-state index contributed by atoms with van der Waals surface area (Å²) in [4.78, 5) is 36.7. The van der Waals surface area contributed by atoms with Gasteiger partial charge in [-0.3, -0.25) is 9.59 Å². The van der Waals surface area contributed by atoms with E-state index in [4.69, 9.17) is 5.11 Å². The van der Waals surface area contributed by atoms with Gasteiger partial charge in [0.25, 0.3) is 0 Å². The van der Waals surface area contributed by atoms with Gasteiger partial charge in [0.05, 0.1) is 12.3 Å². The second-order valence-corrected chi connectivity index (χ2v) is 6.54. The van der Waals surface area contributed by atoms with Crippen LogP contribution in [0.5, 0.6) is 0 Å². The van der Waals surface area contributed by atoms with Gasteiger partial charge in [-0.05, 0) is 24.1 Å². The van der Waals surface area contributed by atoms with Gasteiger partial charge in [0.15, 0.2) is 0 Å². The Kier molecular flexibility index (Phi) is 6.45. The molecule has 2 N–H and O–H groups in total. The Morgan fingerprint density at radius 1 is 1.30 bits per heavy atom. The molecule has 27 heavy (non-hydrogen) atoms. The molecule has 2 amide bonds. The van der Waals surface area contributed by atoms with Crippen LogP contribution < -0.4 is 10.2 Å². The topological polar surface area (TPSA) is 86.7 Å². The minimum atomic E-state index is -4.73. The van der Waals surface area contributed by atoms with Crippen molar-refractivity contribution in [3.05, 3.63) is 29.8 Å². The highest BCUT2D eigenvalue weighted by molar-refractivity contribution is 6.00. The number of rotatable bonds is 7. The Morgan fingerprint density at radius 2 is 1.93 bits per heavy atom. The Morgan fingerprint density at radius 3 is 2.44 bits per heavy atom. The van der Waals surface area contributed by atoms with Crippen molar-refractivity contribution in [3.63, 3.8) is 0 Å². The predicted octanol–water partition coefficient (Wildman–Crippen LogP) is 2.51. The maximum Gasteiger partial charge on any atom is 0.391 e. The molecular weight excluding hydrogens is 365 g/mol. The number of carboxylic acids is 1. The molecule has 1 aliphatic heterocycles. The lowest BCUT2D eigenvalue weighted by molar-refractivity contribution is -0.160. The van der Waals surface area contributed by atoms with E-state index in [1.165, 1.54) is 4.90 Å². The number of amides is 2. The second kappa shape index (κ2) is 8.41. The van der Waals surface area contributed by atoms with E-state index in [1.807, 2.05) is 24.4 Å². The number of halogens is 3. The minimum absolute atomic E-state index is 0.00382. The summed E-state index contributed by atoms with van der Waals surface area (Å²) in [6, 6.07) is 5.20. The van der Waals surface area contributed by atoms with Crippen LogP contribution in [-0.4, -0.2) is 41.7 Å². The summed E-state index contributed by atoms with van der Waals surface area (Å²) < 4.78 is 37.3. The number of aryl methyl sites for hydroxylation is 1. The summed E-state index contributed by atoms with van der Waals surface area (Å²) in [5, 5.41) is 10.8. The highest BCUT2D eigenvalue weighted by Gasteiger charge is 2.40. The fraction of sp³-hybridized carbons (Fsp3) is 0.500. The summed E-state index contributed by atoms with van der Waals surface area (Å²) in [5.74, 6) is -3.87. The molecular formula is C18H21F3N2O4. The number of nitrogens with zero attached hydrogens (tertiary/aromatic N) is 1. The maximum atomic E-state index is 12.4. The van der Waals surface area contributed by atoms with Crippen molar-refractivity contribution in [1.82, 2.24) is 5.32 Å². The van der Waals surface area contributed by atoms with Gasteiger partial charge in [0.2, 0.25) is 11.8 Å². The standard InChI is InChI=1S/C18H21F3N2O4/c1-2-3-11-4-6-13(7-5-11)23-10-12(8-15(23)24)16(25)22-14(17(26)27)9-18(19,20)21/h4-7,12,14H,2-3,8-10H2,1H3,(H,22,25)(H,26,27). The maximum absolute atomic E-state index is 12.4. The van der Waals surface area contributed by atoms with Crippen LogP contribution in [0.2, 0.25) is 0 Å². The van der Waals surface area contributed by atoms with Gasteiger partial charge in [-0.2, -0.15) is 13.2 Å². The van der Waals surface area contributed by atoms with Gasteiger partial charge in [-0.1, -0.05) is 25.5 Å². The van der Waals surface area contributed by atoms with Crippen LogP contribution in [0, 0.1) is 5.92 Å². The molecule has 6 nitrogen and oxygen atoms in total. The van der Waals surface area contributed by atoms with Crippen molar-refractivity contribution in [1.29, 1.82) is 0 Å². The molecule has 1 aliphatic rings. The van der Waals surface area contributed by atoms with Crippen LogP contribution in [0.3, 0.4) is 0 Å². The fourth-order valence-corrected chi connectivity index (χ4v) is 2.99. The Balaban J connectivity index is 2.02. The SMILES string of the molecule is CCCc1ccc(N2CC(C(=O)NC(CC(F)(F)F)C(=O)O)CC2=O)cc1. The van der Waals surface area contributed by atoms with E-state index in [9.17, 15) is 27.6 Å². The lowest BCUT2D eigenvalue weighted by Crippen LogP contribution is -2.46. The number of anilines is 1. The number of benzene rings is 1. The average molecular weight is 386 g/mol. The average Bonchev–Trinajstić information content (AvgIpc) is 2.96. The zero-order valence-electron chi connectivity index (χ0n) is 14.8. The molecule has 0 aliphatic carbocycles. The van der Waals surface area contributed by atoms with E-state index >= 15 is 0 Å². The molecule has 2 atom stereocenters. The second-order valence-electron chi connectivity index (χ2n) is 6.54. The molecule has 0 saturated carbocycles. The van der Waals surface area contributed by atoms with Gasteiger partial charge < -0.3 is 15.3 Å². The van der Waals surface area contributed by atoms with Crippen LogP contribution in [-0.2, 0) is 20.8 Å². The van der Waals surface area contributed by atoms with Crippen LogP contribution in [0.15, 0.2) is 24.3 Å². The number of nitrogens with one attached hydrogen (secondary N) is 1. The van der Waals surface area contributed by atoms with E-state index in [0.29, 0.717) is 5.69 Å². The molecule has 2 rings (SSSR count). The van der Waals surface area contributed by atoms with Crippen molar-refractivity contribution < 1.29 is 32.7 Å². The summed E-state index contributed by atoms with van der Waals surface area (Å²) >= 11 is 0. The molecule has 9 heteroatoms. The summed E-state index contributed by atoms with van der Waals surface area (Å²) in [6.45, 7) is 2.04. The molecule has 1 fully saturated rings. The number of hydrogen-bond donors (Lipinski definition) is 2. The molecule has 0 spiro atoms. The highest BCUT2D eigenvalue weighted by atomic mass is 19.4. The van der Waals surface area contributed by atoms with Gasteiger partial charge in [0, 0.05) is 18.7 Å². The molecule has 1 aromatic rings. The first-order valence-electron chi connectivity index (χ1n) is 8.60. The predicted molar refractivity (Wildman–Crippen MR) is 91.1 cm³/mol. The Bertz CT molecular complexity index is 704. The molecule has 0 radical (unpaired) electrons. The fourth-order valence-electron chi connectivity index (χ4n) is 2.99. The van der Waals surface area contributed by atoms with E-state index in [2.05, 4.69) is 0 Å². The first kappa shape index (κ1) is 20.7. The molecule has 1 heterocycles.